The van der Waals surface area contributed by atoms with Crippen LogP contribution >= 0.6 is 23.2 Å². The number of sulfonamides is 1. The van der Waals surface area contributed by atoms with Crippen molar-refractivity contribution < 1.29 is 17.9 Å². The van der Waals surface area contributed by atoms with Gasteiger partial charge in [-0.1, -0.05) is 34.5 Å². The van der Waals surface area contributed by atoms with Crippen molar-refractivity contribution in [2.75, 3.05) is 13.7 Å². The maximum absolute atomic E-state index is 14.1. The second-order valence-corrected chi connectivity index (χ2v) is 12.5. The highest BCUT2D eigenvalue weighted by atomic mass is 35.5. The van der Waals surface area contributed by atoms with E-state index in [0.717, 1.165) is 17.9 Å². The molecule has 2 bridgehead atoms. The summed E-state index contributed by atoms with van der Waals surface area (Å²) in [7, 11) is -2.49. The summed E-state index contributed by atoms with van der Waals surface area (Å²) < 4.78 is 36.2. The van der Waals surface area contributed by atoms with Gasteiger partial charge >= 0.3 is 0 Å². The molecule has 39 heavy (non-hydrogen) atoms. The molecule has 1 amide bonds. The molecule has 9 nitrogen and oxygen atoms in total. The Balaban J connectivity index is 1.49. The molecule has 12 heteroatoms. The molecule has 0 unspecified atom stereocenters. The van der Waals surface area contributed by atoms with Gasteiger partial charge < -0.3 is 9.64 Å². The smallest absolute Gasteiger partial charge is 0.244 e. The molecule has 2 aliphatic heterocycles. The van der Waals surface area contributed by atoms with E-state index < -0.39 is 28.1 Å². The van der Waals surface area contributed by atoms with Crippen LogP contribution in [0.15, 0.2) is 66.2 Å². The van der Waals surface area contributed by atoms with E-state index in [4.69, 9.17) is 27.9 Å². The number of methoxy groups -OCH3 is 1. The number of hydrogen-bond donors (Lipinski definition) is 0. The zero-order chi connectivity index (χ0) is 27.9. The van der Waals surface area contributed by atoms with Crippen molar-refractivity contribution in [1.82, 2.24) is 24.2 Å². The van der Waals surface area contributed by atoms with Gasteiger partial charge in [0.2, 0.25) is 15.9 Å². The molecule has 2 fully saturated rings. The van der Waals surface area contributed by atoms with Crippen molar-refractivity contribution in [1.29, 1.82) is 0 Å². The topological polar surface area (TPSA) is 97.6 Å². The lowest BCUT2D eigenvalue weighted by atomic mass is 9.90. The molecule has 0 saturated carbocycles. The summed E-state index contributed by atoms with van der Waals surface area (Å²) in [6, 6.07) is 9.86. The normalized spacial score (nSPS) is 22.8. The maximum Gasteiger partial charge on any atom is 0.244 e. The summed E-state index contributed by atoms with van der Waals surface area (Å²) in [6.45, 7) is 6.18. The fourth-order valence-corrected chi connectivity index (χ4v) is 8.09. The van der Waals surface area contributed by atoms with E-state index in [1.165, 1.54) is 22.5 Å². The average Bonchev–Trinajstić information content (AvgIpc) is 3.40. The SMILES string of the molecule is C=C[C@H]1CN([C@@H](C)c2cn(-c3ccc(OC)cc3)nn2)C(=O)[C@@H]2CCC[C@H]1N2S(=O)(=O)c1cc(Cl)cc(Cl)c1. The molecule has 2 aromatic carbocycles. The molecule has 2 saturated heterocycles. The Kier molecular flexibility index (Phi) is 7.74. The lowest BCUT2D eigenvalue weighted by Gasteiger charge is -2.40. The fraction of sp³-hybridized carbons (Fsp3) is 0.370. The van der Waals surface area contributed by atoms with Crippen LogP contribution in [-0.4, -0.2) is 64.3 Å². The lowest BCUT2D eigenvalue weighted by Crippen LogP contribution is -2.54. The zero-order valence-corrected chi connectivity index (χ0v) is 23.9. The molecular weight excluding hydrogens is 561 g/mol. The number of nitrogens with zero attached hydrogens (tertiary/aromatic N) is 5. The van der Waals surface area contributed by atoms with Crippen molar-refractivity contribution >= 4 is 39.1 Å². The van der Waals surface area contributed by atoms with Gasteiger partial charge in [0.05, 0.1) is 29.9 Å². The molecule has 3 heterocycles. The highest BCUT2D eigenvalue weighted by molar-refractivity contribution is 7.89. The third-order valence-corrected chi connectivity index (χ3v) is 9.89. The van der Waals surface area contributed by atoms with Crippen LogP contribution in [0.4, 0.5) is 0 Å². The average molecular weight is 591 g/mol. The van der Waals surface area contributed by atoms with E-state index in [1.54, 1.807) is 29.0 Å². The maximum atomic E-state index is 14.1. The lowest BCUT2D eigenvalue weighted by molar-refractivity contribution is -0.137. The first kappa shape index (κ1) is 27.6. The van der Waals surface area contributed by atoms with Gasteiger partial charge in [0, 0.05) is 28.5 Å². The van der Waals surface area contributed by atoms with Gasteiger partial charge in [-0.05, 0) is 68.7 Å². The van der Waals surface area contributed by atoms with Crippen LogP contribution in [0.5, 0.6) is 5.75 Å². The monoisotopic (exact) mass is 589 g/mol. The summed E-state index contributed by atoms with van der Waals surface area (Å²) in [4.78, 5) is 15.7. The van der Waals surface area contributed by atoms with Gasteiger partial charge in [0.1, 0.15) is 17.5 Å². The molecule has 0 aliphatic carbocycles. The highest BCUT2D eigenvalue weighted by Gasteiger charge is 2.50. The quantitative estimate of drug-likeness (QED) is 0.363. The summed E-state index contributed by atoms with van der Waals surface area (Å²) in [5.41, 5.74) is 1.38. The summed E-state index contributed by atoms with van der Waals surface area (Å²) in [5.74, 6) is 0.166. The van der Waals surface area contributed by atoms with Crippen LogP contribution in [0.3, 0.4) is 0 Å². The minimum atomic E-state index is -4.09. The molecule has 5 rings (SSSR count). The third kappa shape index (κ3) is 5.18. The number of benzene rings is 2. The van der Waals surface area contributed by atoms with Crippen molar-refractivity contribution in [3.05, 3.63) is 77.1 Å². The number of piperidine rings is 1. The molecule has 0 radical (unpaired) electrons. The van der Waals surface area contributed by atoms with Crippen LogP contribution in [0.25, 0.3) is 5.69 Å². The van der Waals surface area contributed by atoms with Gasteiger partial charge in [-0.3, -0.25) is 4.79 Å². The van der Waals surface area contributed by atoms with Gasteiger partial charge in [0.25, 0.3) is 0 Å². The first-order chi connectivity index (χ1) is 18.6. The number of aromatic nitrogens is 3. The number of carbonyl (C=O) groups is 1. The molecule has 206 valence electrons. The Morgan fingerprint density at radius 2 is 1.82 bits per heavy atom. The summed E-state index contributed by atoms with van der Waals surface area (Å²) in [6.07, 6.45) is 5.27. The number of fused-ring (bicyclic) bond motifs is 2. The predicted octanol–water partition coefficient (Wildman–Crippen LogP) is 4.90. The molecule has 3 aromatic rings. The van der Waals surface area contributed by atoms with E-state index in [0.29, 0.717) is 25.1 Å². The Labute approximate surface area is 238 Å². The van der Waals surface area contributed by atoms with Crippen molar-refractivity contribution in [2.24, 2.45) is 5.92 Å². The number of hydrogen-bond acceptors (Lipinski definition) is 6. The van der Waals surface area contributed by atoms with Gasteiger partial charge in [-0.15, -0.1) is 11.7 Å². The standard InChI is InChI=1S/C27H29Cl2N5O4S/c1-4-18-15-32(17(2)24-16-33(31-30-24)21-8-10-22(38-3)11-9-21)27(35)26-7-5-6-25(18)34(26)39(36,37)23-13-19(28)12-20(29)14-23/h4,8-14,16-18,25-26H,1,5-7,15H2,2-3H3/t17-,18-,25+,26-/m0/s1. The minimum Gasteiger partial charge on any atom is -0.497 e. The molecule has 4 atom stereocenters. The van der Waals surface area contributed by atoms with Gasteiger partial charge in [-0.25, -0.2) is 13.1 Å². The number of amides is 1. The van der Waals surface area contributed by atoms with Crippen LogP contribution in [0, 0.1) is 5.92 Å². The van der Waals surface area contributed by atoms with E-state index in [1.807, 2.05) is 31.2 Å². The minimum absolute atomic E-state index is 0.0311. The molecule has 2 aliphatic rings. The Morgan fingerprint density at radius 1 is 1.13 bits per heavy atom. The second kappa shape index (κ2) is 10.9. The van der Waals surface area contributed by atoms with Crippen molar-refractivity contribution in [3.8, 4) is 11.4 Å². The van der Waals surface area contributed by atoms with Gasteiger partial charge in [-0.2, -0.15) is 4.31 Å². The van der Waals surface area contributed by atoms with Crippen molar-refractivity contribution in [3.63, 3.8) is 0 Å². The highest BCUT2D eigenvalue weighted by Crippen LogP contribution is 2.40. The van der Waals surface area contributed by atoms with Crippen LogP contribution in [0.2, 0.25) is 10.0 Å². The number of halogens is 2. The molecular formula is C27H29Cl2N5O4S. The van der Waals surface area contributed by atoms with E-state index >= 15 is 0 Å². The Bertz CT molecular complexity index is 1470. The Hall–Kier alpha value is -2.92. The van der Waals surface area contributed by atoms with E-state index in [-0.39, 0.29) is 26.8 Å². The second-order valence-electron chi connectivity index (χ2n) is 9.81. The molecule has 0 N–H and O–H groups in total. The summed E-state index contributed by atoms with van der Waals surface area (Å²) in [5, 5.41) is 9.03. The van der Waals surface area contributed by atoms with E-state index in [9.17, 15) is 13.2 Å². The third-order valence-electron chi connectivity index (χ3n) is 7.54. The predicted molar refractivity (Wildman–Crippen MR) is 149 cm³/mol. The number of ether oxygens (including phenoxy) is 1. The molecule has 1 aromatic heterocycles. The Morgan fingerprint density at radius 3 is 2.46 bits per heavy atom. The largest absolute Gasteiger partial charge is 0.497 e. The molecule has 0 spiro atoms. The zero-order valence-electron chi connectivity index (χ0n) is 21.6. The first-order valence-corrected chi connectivity index (χ1v) is 14.8. The van der Waals surface area contributed by atoms with Gasteiger partial charge in [0.15, 0.2) is 0 Å². The summed E-state index contributed by atoms with van der Waals surface area (Å²) >= 11 is 12.3. The van der Waals surface area contributed by atoms with E-state index in [2.05, 4.69) is 16.9 Å². The number of carbonyl (C=O) groups excluding carboxylic acids is 1. The van der Waals surface area contributed by atoms with Crippen molar-refractivity contribution in [2.45, 2.75) is 49.2 Å². The first-order valence-electron chi connectivity index (χ1n) is 12.6. The van der Waals surface area contributed by atoms with Crippen LogP contribution in [0.1, 0.15) is 37.9 Å². The number of rotatable bonds is 7. The fourth-order valence-electron chi connectivity index (χ4n) is 5.49. The van der Waals surface area contributed by atoms with Crippen LogP contribution < -0.4 is 4.74 Å². The van der Waals surface area contributed by atoms with Crippen LogP contribution in [-0.2, 0) is 14.8 Å².